The second-order valence-corrected chi connectivity index (χ2v) is 3.97. The number of aldehydes is 1. The maximum Gasteiger partial charge on any atom is 0.339 e. The van der Waals surface area contributed by atoms with Gasteiger partial charge in [0.1, 0.15) is 17.6 Å². The number of methoxy groups -OCH3 is 1. The highest BCUT2D eigenvalue weighted by Crippen LogP contribution is 2.20. The monoisotopic (exact) mass is 247 g/mol. The molecule has 0 aliphatic rings. The van der Waals surface area contributed by atoms with Gasteiger partial charge in [0.25, 0.3) is 0 Å². The van der Waals surface area contributed by atoms with Crippen LogP contribution in [0.15, 0.2) is 33.5 Å². The molecule has 2 rings (SSSR count). The summed E-state index contributed by atoms with van der Waals surface area (Å²) in [6.45, 7) is 0. The number of fused-ring (bicyclic) bond motifs is 1. The largest absolute Gasteiger partial charge is 0.497 e. The topological polar surface area (TPSA) is 82.5 Å². The lowest BCUT2D eigenvalue weighted by Gasteiger charge is -2.05. The van der Waals surface area contributed by atoms with Crippen molar-refractivity contribution in [2.45, 2.75) is 12.5 Å². The lowest BCUT2D eigenvalue weighted by Crippen LogP contribution is -2.26. The third-order valence-electron chi connectivity index (χ3n) is 2.65. The maximum absolute atomic E-state index is 11.7. The molecular formula is C13H13NO4. The third kappa shape index (κ3) is 2.41. The van der Waals surface area contributed by atoms with E-state index in [0.29, 0.717) is 23.2 Å². The summed E-state index contributed by atoms with van der Waals surface area (Å²) in [4.78, 5) is 22.2. The van der Waals surface area contributed by atoms with Crippen LogP contribution in [-0.4, -0.2) is 19.4 Å². The standard InChI is InChI=1S/C13H13NO4/c1-17-11-3-2-8-4-9(5-10(14)7-15)13(16)18-12(8)6-11/h2-4,6-7,10H,5,14H2,1H3. The van der Waals surface area contributed by atoms with Crippen molar-refractivity contribution in [2.75, 3.05) is 7.11 Å². The molecule has 1 atom stereocenters. The zero-order valence-electron chi connectivity index (χ0n) is 9.88. The Hall–Kier alpha value is -2.14. The fourth-order valence-corrected chi connectivity index (χ4v) is 1.71. The smallest absolute Gasteiger partial charge is 0.339 e. The van der Waals surface area contributed by atoms with Crippen molar-refractivity contribution in [3.05, 3.63) is 40.2 Å². The first-order chi connectivity index (χ1) is 8.63. The first kappa shape index (κ1) is 12.3. The van der Waals surface area contributed by atoms with E-state index in [9.17, 15) is 9.59 Å². The molecule has 0 radical (unpaired) electrons. The number of ether oxygens (including phenoxy) is 1. The van der Waals surface area contributed by atoms with Crippen LogP contribution in [0.5, 0.6) is 5.75 Å². The molecule has 0 spiro atoms. The molecule has 18 heavy (non-hydrogen) atoms. The fourth-order valence-electron chi connectivity index (χ4n) is 1.71. The lowest BCUT2D eigenvalue weighted by atomic mass is 10.1. The predicted molar refractivity (Wildman–Crippen MR) is 66.8 cm³/mol. The molecule has 5 heteroatoms. The van der Waals surface area contributed by atoms with Gasteiger partial charge in [-0.15, -0.1) is 0 Å². The minimum Gasteiger partial charge on any atom is -0.497 e. The van der Waals surface area contributed by atoms with Gasteiger partial charge in [-0.25, -0.2) is 4.79 Å². The quantitative estimate of drug-likeness (QED) is 0.640. The Balaban J connectivity index is 2.49. The molecule has 0 fully saturated rings. The van der Waals surface area contributed by atoms with Gasteiger partial charge in [-0.05, 0) is 18.2 Å². The van der Waals surface area contributed by atoms with Crippen molar-refractivity contribution in [1.82, 2.24) is 0 Å². The van der Waals surface area contributed by atoms with Gasteiger partial charge in [0.15, 0.2) is 0 Å². The van der Waals surface area contributed by atoms with E-state index >= 15 is 0 Å². The van der Waals surface area contributed by atoms with Gasteiger partial charge < -0.3 is 19.7 Å². The number of benzene rings is 1. The van der Waals surface area contributed by atoms with Crippen LogP contribution in [0, 0.1) is 0 Å². The molecular weight excluding hydrogens is 234 g/mol. The van der Waals surface area contributed by atoms with Crippen molar-refractivity contribution >= 4 is 17.3 Å². The van der Waals surface area contributed by atoms with Crippen LogP contribution < -0.4 is 16.1 Å². The highest BCUT2D eigenvalue weighted by Gasteiger charge is 2.10. The Morgan fingerprint density at radius 3 is 2.89 bits per heavy atom. The normalized spacial score (nSPS) is 12.3. The Labute approximate surface area is 103 Å². The third-order valence-corrected chi connectivity index (χ3v) is 2.65. The Bertz CT molecular complexity index is 632. The zero-order valence-corrected chi connectivity index (χ0v) is 9.88. The van der Waals surface area contributed by atoms with Gasteiger partial charge >= 0.3 is 5.63 Å². The molecule has 0 amide bonds. The molecule has 2 aromatic rings. The summed E-state index contributed by atoms with van der Waals surface area (Å²) >= 11 is 0. The van der Waals surface area contributed by atoms with E-state index in [2.05, 4.69) is 0 Å². The number of rotatable bonds is 4. The molecule has 1 heterocycles. The van der Waals surface area contributed by atoms with E-state index in [1.54, 1.807) is 24.3 Å². The van der Waals surface area contributed by atoms with Gasteiger partial charge in [-0.1, -0.05) is 0 Å². The molecule has 94 valence electrons. The molecule has 0 saturated carbocycles. The van der Waals surface area contributed by atoms with E-state index < -0.39 is 11.7 Å². The minimum atomic E-state index is -0.691. The first-order valence-corrected chi connectivity index (χ1v) is 5.45. The van der Waals surface area contributed by atoms with Crippen molar-refractivity contribution in [2.24, 2.45) is 5.73 Å². The summed E-state index contributed by atoms with van der Waals surface area (Å²) in [6.07, 6.45) is 0.783. The van der Waals surface area contributed by atoms with E-state index in [0.717, 1.165) is 5.39 Å². The molecule has 0 aliphatic heterocycles. The number of hydrogen-bond acceptors (Lipinski definition) is 5. The highest BCUT2D eigenvalue weighted by atomic mass is 16.5. The molecule has 0 saturated heterocycles. The second-order valence-electron chi connectivity index (χ2n) is 3.97. The maximum atomic E-state index is 11.7. The van der Waals surface area contributed by atoms with Gasteiger partial charge in [0, 0.05) is 23.4 Å². The summed E-state index contributed by atoms with van der Waals surface area (Å²) in [5.41, 5.74) is 5.86. The van der Waals surface area contributed by atoms with E-state index in [1.807, 2.05) is 0 Å². The molecule has 1 aromatic heterocycles. The molecule has 1 unspecified atom stereocenters. The summed E-state index contributed by atoms with van der Waals surface area (Å²) in [6, 6.07) is 6.19. The molecule has 0 bridgehead atoms. The number of carbonyl (C=O) groups is 1. The van der Waals surface area contributed by atoms with Crippen LogP contribution in [-0.2, 0) is 11.2 Å². The highest BCUT2D eigenvalue weighted by molar-refractivity contribution is 5.78. The van der Waals surface area contributed by atoms with E-state index in [4.69, 9.17) is 14.9 Å². The Kier molecular flexibility index (Phi) is 3.43. The average Bonchev–Trinajstić information content (AvgIpc) is 2.38. The number of carbonyl (C=O) groups excluding carboxylic acids is 1. The van der Waals surface area contributed by atoms with Gasteiger partial charge in [-0.3, -0.25) is 0 Å². The minimum absolute atomic E-state index is 0.174. The predicted octanol–water partition coefficient (Wildman–Crippen LogP) is 0.870. The fraction of sp³-hybridized carbons (Fsp3) is 0.231. The van der Waals surface area contributed by atoms with Crippen molar-refractivity contribution in [3.8, 4) is 5.75 Å². The van der Waals surface area contributed by atoms with Gasteiger partial charge in [0.05, 0.1) is 13.2 Å². The summed E-state index contributed by atoms with van der Waals surface area (Å²) < 4.78 is 10.2. The summed E-state index contributed by atoms with van der Waals surface area (Å²) in [5.74, 6) is 0.614. The average molecular weight is 247 g/mol. The van der Waals surface area contributed by atoms with E-state index in [1.165, 1.54) is 7.11 Å². The van der Waals surface area contributed by atoms with Gasteiger partial charge in [0.2, 0.25) is 0 Å². The lowest BCUT2D eigenvalue weighted by molar-refractivity contribution is -0.108. The van der Waals surface area contributed by atoms with Crippen molar-refractivity contribution in [1.29, 1.82) is 0 Å². The van der Waals surface area contributed by atoms with Crippen LogP contribution in [0.1, 0.15) is 5.56 Å². The Morgan fingerprint density at radius 1 is 1.44 bits per heavy atom. The van der Waals surface area contributed by atoms with E-state index in [-0.39, 0.29) is 6.42 Å². The number of hydrogen-bond donors (Lipinski definition) is 1. The van der Waals surface area contributed by atoms with Crippen molar-refractivity contribution < 1.29 is 13.9 Å². The van der Waals surface area contributed by atoms with Crippen LogP contribution in [0.4, 0.5) is 0 Å². The number of nitrogens with two attached hydrogens (primary N) is 1. The van der Waals surface area contributed by atoms with Crippen LogP contribution in [0.3, 0.4) is 0 Å². The van der Waals surface area contributed by atoms with Crippen LogP contribution >= 0.6 is 0 Å². The molecule has 5 nitrogen and oxygen atoms in total. The Morgan fingerprint density at radius 2 is 2.22 bits per heavy atom. The van der Waals surface area contributed by atoms with Crippen molar-refractivity contribution in [3.63, 3.8) is 0 Å². The molecule has 1 aromatic carbocycles. The SMILES string of the molecule is COc1ccc2cc(CC(N)C=O)c(=O)oc2c1. The molecule has 0 aliphatic carbocycles. The zero-order chi connectivity index (χ0) is 13.1. The molecule has 2 N–H and O–H groups in total. The second kappa shape index (κ2) is 5.01. The van der Waals surface area contributed by atoms with Gasteiger partial charge in [-0.2, -0.15) is 0 Å². The summed E-state index contributed by atoms with van der Waals surface area (Å²) in [7, 11) is 1.54. The first-order valence-electron chi connectivity index (χ1n) is 5.45. The summed E-state index contributed by atoms with van der Waals surface area (Å²) in [5, 5.41) is 0.767. The van der Waals surface area contributed by atoms with Crippen LogP contribution in [0.25, 0.3) is 11.0 Å². The van der Waals surface area contributed by atoms with Crippen LogP contribution in [0.2, 0.25) is 0 Å².